The predicted octanol–water partition coefficient (Wildman–Crippen LogP) is 6.53. The molecule has 0 N–H and O–H groups in total. The van der Waals surface area contributed by atoms with E-state index in [1.165, 1.54) is 10.6 Å². The third-order valence-corrected chi connectivity index (χ3v) is 7.10. The Morgan fingerprint density at radius 2 is 1.65 bits per heavy atom. The molecule has 0 bridgehead atoms. The number of hydrogen-bond acceptors (Lipinski definition) is 1. The van der Waals surface area contributed by atoms with Crippen LogP contribution in [-0.2, 0) is 31.7 Å². The molecule has 0 saturated carbocycles. The number of alkyl halides is 3. The van der Waals surface area contributed by atoms with Crippen molar-refractivity contribution in [2.45, 2.75) is 25.4 Å². The molecule has 4 nitrogen and oxygen atoms in total. The van der Waals surface area contributed by atoms with Gasteiger partial charge in [0.05, 0.1) is 18.1 Å². The van der Waals surface area contributed by atoms with Crippen molar-refractivity contribution >= 4 is 10.8 Å². The number of hydrogen-bond donors (Lipinski definition) is 0. The van der Waals surface area contributed by atoms with E-state index in [4.69, 9.17) is 0 Å². The van der Waals surface area contributed by atoms with Crippen LogP contribution in [0, 0.1) is 33.9 Å². The summed E-state index contributed by atoms with van der Waals surface area (Å²) in [6.45, 7) is 8.29. The van der Waals surface area contributed by atoms with Crippen molar-refractivity contribution < 1.29 is 46.8 Å². The molecule has 209 valence electrons. The van der Waals surface area contributed by atoms with Crippen molar-refractivity contribution in [2.24, 2.45) is 0 Å². The molecule has 9 heteroatoms. The summed E-state index contributed by atoms with van der Waals surface area (Å²) in [6.07, 6.45) is -0.915. The Balaban J connectivity index is 0.000000187. The molecule has 1 aliphatic rings. The molecule has 3 aromatic heterocycles. The zero-order valence-corrected chi connectivity index (χ0v) is 24.3. The van der Waals surface area contributed by atoms with Crippen LogP contribution in [0.5, 0.6) is 0 Å². The molecule has 0 spiro atoms. The molecule has 0 saturated heterocycles. The first-order chi connectivity index (χ1) is 18.3. The minimum Gasteiger partial charge on any atom is -0.407 e. The summed E-state index contributed by atoms with van der Waals surface area (Å²) in [4.78, 5) is 0. The summed E-state index contributed by atoms with van der Waals surface area (Å²) in [7, 11) is 11.2. The van der Waals surface area contributed by atoms with Crippen LogP contribution in [0.25, 0.3) is 33.4 Å². The molecule has 0 amide bonds. The van der Waals surface area contributed by atoms with Crippen molar-refractivity contribution in [3.63, 3.8) is 0 Å². The first-order valence-electron chi connectivity index (χ1n) is 12.1. The molecular formula is C31H26F4IrN4-2. The Morgan fingerprint density at radius 1 is 0.925 bits per heavy atom. The molecule has 3 heterocycles. The fourth-order valence-electron chi connectivity index (χ4n) is 5.26. The Morgan fingerprint density at radius 3 is 2.30 bits per heavy atom. The van der Waals surface area contributed by atoms with Gasteiger partial charge in [-0.15, -0.1) is 5.56 Å². The topological polar surface area (TPSA) is 25.6 Å². The summed E-state index contributed by atoms with van der Waals surface area (Å²) in [5, 5.41) is 5.63. The Labute approximate surface area is 244 Å². The maximum atomic E-state index is 14.7. The molecule has 0 aliphatic heterocycles. The zero-order chi connectivity index (χ0) is 28.3. The molecule has 1 aliphatic carbocycles. The maximum absolute atomic E-state index is 14.7. The van der Waals surface area contributed by atoms with E-state index in [1.54, 1.807) is 30.5 Å². The van der Waals surface area contributed by atoms with Crippen molar-refractivity contribution in [1.29, 1.82) is 0 Å². The van der Waals surface area contributed by atoms with Crippen molar-refractivity contribution in [1.82, 2.24) is 9.78 Å². The standard InChI is InChI=1S/C20H17FN.C11H9F3N3.Ir/c1-12-8-9-15(21)18-16(12)19-17-13(10-11-22(19)4)6-5-7-14(17)20(18,2)3;1-16-6-4-3-5-8(16)9-7-10(11(12,13)14)15-17(9)2;/h5-11H,1,4H2,2-3H3;3-7H,1-2H2;/q2*-1;. The normalized spacial score (nSPS) is 13.2. The minimum absolute atomic E-state index is 0. The fourth-order valence-corrected chi connectivity index (χ4v) is 5.26. The SMILES string of the molecule is [CH2-]c1ccc(F)c2c1-c1c3c(cccc3cc[n+]1[CH2-])C2(C)C.[CH2-]n1nc(C(F)(F)F)cc1-c1cccc[n+]1[CH2-].[Ir]. The molecule has 6 rings (SSSR count). The van der Waals surface area contributed by atoms with Gasteiger partial charge in [-0.2, -0.15) is 38.8 Å². The van der Waals surface area contributed by atoms with Gasteiger partial charge in [0, 0.05) is 45.3 Å². The Hall–Kier alpha value is -3.94. The number of rotatable bonds is 1. The van der Waals surface area contributed by atoms with E-state index in [0.29, 0.717) is 11.3 Å². The maximum Gasteiger partial charge on any atom is 0.433 e. The van der Waals surface area contributed by atoms with Gasteiger partial charge in [-0.25, -0.2) is 9.49 Å². The number of nitrogens with zero attached hydrogens (tertiary/aromatic N) is 4. The van der Waals surface area contributed by atoms with Crippen molar-refractivity contribution in [3.05, 3.63) is 129 Å². The van der Waals surface area contributed by atoms with Crippen LogP contribution in [0.15, 0.2) is 73.1 Å². The molecular weight excluding hydrogens is 697 g/mol. The smallest absolute Gasteiger partial charge is 0.407 e. The molecule has 2 aromatic carbocycles. The van der Waals surface area contributed by atoms with E-state index in [9.17, 15) is 17.6 Å². The third-order valence-electron chi connectivity index (χ3n) is 7.10. The first-order valence-corrected chi connectivity index (χ1v) is 12.1. The van der Waals surface area contributed by atoms with E-state index in [2.05, 4.69) is 65.2 Å². The van der Waals surface area contributed by atoms with E-state index < -0.39 is 17.3 Å². The summed E-state index contributed by atoms with van der Waals surface area (Å²) >= 11 is 0. The van der Waals surface area contributed by atoms with Gasteiger partial charge < -0.3 is 13.8 Å². The summed E-state index contributed by atoms with van der Waals surface area (Å²) in [5.41, 5.74) is 3.90. The first kappa shape index (κ1) is 29.1. The molecule has 0 atom stereocenters. The zero-order valence-electron chi connectivity index (χ0n) is 21.9. The molecule has 40 heavy (non-hydrogen) atoms. The molecule has 1 radical (unpaired) electrons. The summed E-state index contributed by atoms with van der Waals surface area (Å²) in [5.74, 6) is -0.182. The van der Waals surface area contributed by atoms with Gasteiger partial charge in [-0.05, 0) is 22.4 Å². The second kappa shape index (κ2) is 10.2. The monoisotopic (exact) mass is 723 g/mol. The number of pyridine rings is 2. The van der Waals surface area contributed by atoms with Gasteiger partial charge >= 0.3 is 6.18 Å². The Kier molecular flexibility index (Phi) is 7.43. The van der Waals surface area contributed by atoms with Crippen LogP contribution in [0.1, 0.15) is 36.2 Å². The van der Waals surface area contributed by atoms with Gasteiger partial charge in [0.15, 0.2) is 0 Å². The summed E-state index contributed by atoms with van der Waals surface area (Å²) < 4.78 is 56.3. The van der Waals surface area contributed by atoms with Crippen LogP contribution in [0.3, 0.4) is 0 Å². The number of fused-ring (bicyclic) bond motifs is 2. The third kappa shape index (κ3) is 4.69. The number of halogens is 4. The second-order valence-corrected chi connectivity index (χ2v) is 9.95. The van der Waals surface area contributed by atoms with Gasteiger partial charge in [0.2, 0.25) is 0 Å². The van der Waals surface area contributed by atoms with E-state index >= 15 is 0 Å². The van der Waals surface area contributed by atoms with E-state index in [-0.39, 0.29) is 31.6 Å². The minimum atomic E-state index is -4.47. The number of benzene rings is 2. The van der Waals surface area contributed by atoms with Crippen LogP contribution in [0.2, 0.25) is 0 Å². The average Bonchev–Trinajstić information content (AvgIpc) is 3.27. The average molecular weight is 723 g/mol. The van der Waals surface area contributed by atoms with Gasteiger partial charge in [-0.1, -0.05) is 73.6 Å². The van der Waals surface area contributed by atoms with Crippen LogP contribution in [-0.4, -0.2) is 9.78 Å². The second-order valence-electron chi connectivity index (χ2n) is 9.95. The predicted molar refractivity (Wildman–Crippen MR) is 141 cm³/mol. The quantitative estimate of drug-likeness (QED) is 0.110. The Bertz CT molecular complexity index is 1740. The van der Waals surface area contributed by atoms with Gasteiger partial charge in [0.1, 0.15) is 11.5 Å². The van der Waals surface area contributed by atoms with Gasteiger partial charge in [-0.3, -0.25) is 0 Å². The fraction of sp³-hybridized carbons (Fsp3) is 0.129. The molecule has 0 fully saturated rings. The van der Waals surface area contributed by atoms with E-state index in [0.717, 1.165) is 43.9 Å². The van der Waals surface area contributed by atoms with Crippen LogP contribution >= 0.6 is 0 Å². The van der Waals surface area contributed by atoms with Crippen LogP contribution < -0.4 is 9.13 Å². The van der Waals surface area contributed by atoms with Crippen LogP contribution in [0.4, 0.5) is 17.6 Å². The van der Waals surface area contributed by atoms with Gasteiger partial charge in [0.25, 0.3) is 0 Å². The largest absolute Gasteiger partial charge is 0.433 e. The number of aromatic nitrogens is 4. The molecule has 0 unspecified atom stereocenters. The van der Waals surface area contributed by atoms with Crippen molar-refractivity contribution in [3.8, 4) is 22.6 Å². The molecule has 5 aromatic rings. The van der Waals surface area contributed by atoms with E-state index in [1.807, 2.05) is 16.8 Å². The summed E-state index contributed by atoms with van der Waals surface area (Å²) in [6, 6.07) is 17.6. The van der Waals surface area contributed by atoms with Crippen molar-refractivity contribution in [2.75, 3.05) is 0 Å².